The van der Waals surface area contributed by atoms with Gasteiger partial charge in [0.2, 0.25) is 5.88 Å². The second kappa shape index (κ2) is 2.52. The van der Waals surface area contributed by atoms with Gasteiger partial charge in [0.25, 0.3) is 0 Å². The summed E-state index contributed by atoms with van der Waals surface area (Å²) in [4.78, 5) is 0. The SMILES string of the molecule is COc1n[nH]c2ccc(C)cc12. The van der Waals surface area contributed by atoms with E-state index < -0.39 is 0 Å². The molecular formula is C9H10N2O. The van der Waals surface area contributed by atoms with Crippen molar-refractivity contribution in [3.05, 3.63) is 23.8 Å². The van der Waals surface area contributed by atoms with E-state index in [2.05, 4.69) is 16.3 Å². The summed E-state index contributed by atoms with van der Waals surface area (Å²) in [6.07, 6.45) is 0. The number of ether oxygens (including phenoxy) is 1. The quantitative estimate of drug-likeness (QED) is 0.695. The van der Waals surface area contributed by atoms with Crippen molar-refractivity contribution in [2.45, 2.75) is 6.92 Å². The molecule has 1 N–H and O–H groups in total. The van der Waals surface area contributed by atoms with E-state index in [1.54, 1.807) is 7.11 Å². The molecule has 0 saturated heterocycles. The van der Waals surface area contributed by atoms with E-state index in [1.807, 2.05) is 19.1 Å². The number of aryl methyl sites for hydroxylation is 1. The average molecular weight is 162 g/mol. The van der Waals surface area contributed by atoms with Crippen LogP contribution < -0.4 is 4.74 Å². The molecule has 0 amide bonds. The van der Waals surface area contributed by atoms with Crippen molar-refractivity contribution in [1.29, 1.82) is 0 Å². The predicted octanol–water partition coefficient (Wildman–Crippen LogP) is 1.88. The zero-order chi connectivity index (χ0) is 8.55. The maximum Gasteiger partial charge on any atom is 0.240 e. The number of methoxy groups -OCH3 is 1. The van der Waals surface area contributed by atoms with Crippen LogP contribution in [0, 0.1) is 6.92 Å². The summed E-state index contributed by atoms with van der Waals surface area (Å²) >= 11 is 0. The van der Waals surface area contributed by atoms with E-state index in [-0.39, 0.29) is 0 Å². The fraction of sp³-hybridized carbons (Fsp3) is 0.222. The smallest absolute Gasteiger partial charge is 0.240 e. The van der Waals surface area contributed by atoms with Gasteiger partial charge in [0.1, 0.15) is 0 Å². The van der Waals surface area contributed by atoms with Crippen LogP contribution in [0.3, 0.4) is 0 Å². The Labute approximate surface area is 70.4 Å². The largest absolute Gasteiger partial charge is 0.480 e. The third kappa shape index (κ3) is 0.942. The Bertz CT molecular complexity index is 406. The fourth-order valence-corrected chi connectivity index (χ4v) is 1.26. The lowest BCUT2D eigenvalue weighted by Crippen LogP contribution is -1.82. The van der Waals surface area contributed by atoms with Gasteiger partial charge in [-0.15, -0.1) is 5.10 Å². The molecule has 3 nitrogen and oxygen atoms in total. The molecule has 1 aromatic heterocycles. The van der Waals surface area contributed by atoms with Gasteiger partial charge in [-0.1, -0.05) is 11.6 Å². The minimum atomic E-state index is 0.661. The van der Waals surface area contributed by atoms with Gasteiger partial charge in [-0.3, -0.25) is 5.10 Å². The van der Waals surface area contributed by atoms with Crippen LogP contribution in [0.1, 0.15) is 5.56 Å². The molecule has 2 aromatic rings. The van der Waals surface area contributed by atoms with E-state index >= 15 is 0 Å². The molecule has 12 heavy (non-hydrogen) atoms. The zero-order valence-electron chi connectivity index (χ0n) is 7.09. The highest BCUT2D eigenvalue weighted by atomic mass is 16.5. The second-order valence-electron chi connectivity index (χ2n) is 2.78. The number of aromatic nitrogens is 2. The minimum Gasteiger partial charge on any atom is -0.480 e. The van der Waals surface area contributed by atoms with E-state index in [0.29, 0.717) is 5.88 Å². The molecule has 1 heterocycles. The van der Waals surface area contributed by atoms with Crippen LogP contribution >= 0.6 is 0 Å². The highest BCUT2D eigenvalue weighted by Crippen LogP contribution is 2.22. The first-order valence-corrected chi connectivity index (χ1v) is 3.80. The fourth-order valence-electron chi connectivity index (χ4n) is 1.26. The Morgan fingerprint density at radius 3 is 3.00 bits per heavy atom. The standard InChI is InChI=1S/C9H10N2O/c1-6-3-4-8-7(5-6)9(12-2)11-10-8/h3-5H,1-2H3,(H,10,11). The van der Waals surface area contributed by atoms with E-state index in [1.165, 1.54) is 5.56 Å². The molecule has 0 saturated carbocycles. The van der Waals surface area contributed by atoms with Gasteiger partial charge in [0.15, 0.2) is 0 Å². The van der Waals surface area contributed by atoms with E-state index in [4.69, 9.17) is 4.74 Å². The summed E-state index contributed by atoms with van der Waals surface area (Å²) in [5.41, 5.74) is 2.22. The Hall–Kier alpha value is -1.51. The molecule has 0 aliphatic carbocycles. The number of hydrogen-bond acceptors (Lipinski definition) is 2. The minimum absolute atomic E-state index is 0.661. The number of aromatic amines is 1. The van der Waals surface area contributed by atoms with Crippen molar-refractivity contribution in [3.8, 4) is 5.88 Å². The summed E-state index contributed by atoms with van der Waals surface area (Å²) in [5, 5.41) is 7.94. The van der Waals surface area contributed by atoms with Gasteiger partial charge < -0.3 is 4.74 Å². The number of hydrogen-bond donors (Lipinski definition) is 1. The molecule has 0 aliphatic rings. The average Bonchev–Trinajstić information content (AvgIpc) is 2.46. The second-order valence-corrected chi connectivity index (χ2v) is 2.78. The van der Waals surface area contributed by atoms with Gasteiger partial charge in [0.05, 0.1) is 18.0 Å². The molecule has 0 bridgehead atoms. The number of fused-ring (bicyclic) bond motifs is 1. The van der Waals surface area contributed by atoms with Crippen LogP contribution in [0.15, 0.2) is 18.2 Å². The first-order chi connectivity index (χ1) is 5.81. The number of H-pyrrole nitrogens is 1. The number of nitrogens with one attached hydrogen (secondary N) is 1. The lowest BCUT2D eigenvalue weighted by Gasteiger charge is -1.94. The number of benzene rings is 1. The zero-order valence-corrected chi connectivity index (χ0v) is 7.09. The summed E-state index contributed by atoms with van der Waals surface area (Å²) in [5.74, 6) is 0.661. The molecule has 0 aliphatic heterocycles. The number of nitrogens with zero attached hydrogens (tertiary/aromatic N) is 1. The Morgan fingerprint density at radius 2 is 2.25 bits per heavy atom. The first kappa shape index (κ1) is 7.16. The van der Waals surface area contributed by atoms with Crippen LogP contribution in [0.5, 0.6) is 5.88 Å². The van der Waals surface area contributed by atoms with Crippen LogP contribution in [0.4, 0.5) is 0 Å². The summed E-state index contributed by atoms with van der Waals surface area (Å²) in [7, 11) is 1.62. The van der Waals surface area contributed by atoms with Gasteiger partial charge >= 0.3 is 0 Å². The summed E-state index contributed by atoms with van der Waals surface area (Å²) < 4.78 is 5.08. The molecule has 0 atom stereocenters. The van der Waals surface area contributed by atoms with Crippen LogP contribution in [0.2, 0.25) is 0 Å². The molecular weight excluding hydrogens is 152 g/mol. The van der Waals surface area contributed by atoms with Gasteiger partial charge in [-0.05, 0) is 19.1 Å². The van der Waals surface area contributed by atoms with Crippen molar-refractivity contribution in [2.24, 2.45) is 0 Å². The summed E-state index contributed by atoms with van der Waals surface area (Å²) in [6.45, 7) is 2.05. The van der Waals surface area contributed by atoms with Crippen LogP contribution in [-0.4, -0.2) is 17.3 Å². The third-order valence-corrected chi connectivity index (χ3v) is 1.88. The van der Waals surface area contributed by atoms with E-state index in [9.17, 15) is 0 Å². The van der Waals surface area contributed by atoms with Gasteiger partial charge in [-0.25, -0.2) is 0 Å². The molecule has 0 unspecified atom stereocenters. The Balaban J connectivity index is 2.75. The predicted molar refractivity (Wildman–Crippen MR) is 47.4 cm³/mol. The lowest BCUT2D eigenvalue weighted by molar-refractivity contribution is 0.401. The van der Waals surface area contributed by atoms with Crippen molar-refractivity contribution < 1.29 is 4.74 Å². The monoisotopic (exact) mass is 162 g/mol. The Kier molecular flexibility index (Phi) is 1.50. The van der Waals surface area contributed by atoms with Crippen molar-refractivity contribution in [1.82, 2.24) is 10.2 Å². The Morgan fingerprint density at radius 1 is 1.42 bits per heavy atom. The van der Waals surface area contributed by atoms with Crippen LogP contribution in [0.25, 0.3) is 10.9 Å². The van der Waals surface area contributed by atoms with Gasteiger partial charge in [0, 0.05) is 0 Å². The molecule has 2 rings (SSSR count). The maximum absolute atomic E-state index is 5.08. The lowest BCUT2D eigenvalue weighted by atomic mass is 10.2. The maximum atomic E-state index is 5.08. The molecule has 0 radical (unpaired) electrons. The molecule has 0 spiro atoms. The first-order valence-electron chi connectivity index (χ1n) is 3.80. The molecule has 1 aromatic carbocycles. The highest BCUT2D eigenvalue weighted by Gasteiger charge is 2.03. The third-order valence-electron chi connectivity index (χ3n) is 1.88. The molecule has 3 heteroatoms. The van der Waals surface area contributed by atoms with Crippen molar-refractivity contribution >= 4 is 10.9 Å². The molecule has 0 fully saturated rings. The number of rotatable bonds is 1. The molecule has 62 valence electrons. The topological polar surface area (TPSA) is 37.9 Å². The van der Waals surface area contributed by atoms with Crippen molar-refractivity contribution in [2.75, 3.05) is 7.11 Å². The normalized spacial score (nSPS) is 10.5. The summed E-state index contributed by atoms with van der Waals surface area (Å²) in [6, 6.07) is 6.10. The van der Waals surface area contributed by atoms with E-state index in [0.717, 1.165) is 10.9 Å². The highest BCUT2D eigenvalue weighted by molar-refractivity contribution is 5.84. The van der Waals surface area contributed by atoms with Gasteiger partial charge in [-0.2, -0.15) is 0 Å². The van der Waals surface area contributed by atoms with Crippen LogP contribution in [-0.2, 0) is 0 Å². The van der Waals surface area contributed by atoms with Crippen molar-refractivity contribution in [3.63, 3.8) is 0 Å².